The summed E-state index contributed by atoms with van der Waals surface area (Å²) in [7, 11) is 1.65. The van der Waals surface area contributed by atoms with Crippen LogP contribution in [0, 0.1) is 0 Å². The highest BCUT2D eigenvalue weighted by Crippen LogP contribution is 2.31. The molecule has 1 aromatic heterocycles. The van der Waals surface area contributed by atoms with Crippen LogP contribution < -0.4 is 14.8 Å². The van der Waals surface area contributed by atoms with E-state index in [9.17, 15) is 4.79 Å². The molecular formula is C25H23ClN2O3. The molecule has 2 N–H and O–H groups in total. The second-order valence-electron chi connectivity index (χ2n) is 7.16. The van der Waals surface area contributed by atoms with Gasteiger partial charge in [0.15, 0.2) is 6.61 Å². The fourth-order valence-corrected chi connectivity index (χ4v) is 3.70. The highest BCUT2D eigenvalue weighted by molar-refractivity contribution is 6.30. The van der Waals surface area contributed by atoms with Crippen molar-refractivity contribution in [3.05, 3.63) is 95.1 Å². The Balaban J connectivity index is 1.50. The number of rotatable bonds is 8. The summed E-state index contributed by atoms with van der Waals surface area (Å²) in [5.41, 5.74) is 3.28. The first kappa shape index (κ1) is 20.8. The summed E-state index contributed by atoms with van der Waals surface area (Å²) in [6, 6.07) is 23.0. The molecule has 158 valence electrons. The van der Waals surface area contributed by atoms with Gasteiger partial charge in [0.05, 0.1) is 7.11 Å². The van der Waals surface area contributed by atoms with E-state index in [1.807, 2.05) is 48.7 Å². The third kappa shape index (κ3) is 5.01. The van der Waals surface area contributed by atoms with Crippen molar-refractivity contribution in [3.63, 3.8) is 0 Å². The summed E-state index contributed by atoms with van der Waals surface area (Å²) in [5.74, 6) is 1.18. The van der Waals surface area contributed by atoms with Gasteiger partial charge in [-0.25, -0.2) is 0 Å². The van der Waals surface area contributed by atoms with Crippen LogP contribution in [-0.2, 0) is 4.79 Å². The van der Waals surface area contributed by atoms with Crippen LogP contribution in [0.1, 0.15) is 17.0 Å². The molecule has 4 rings (SSSR count). The lowest BCUT2D eigenvalue weighted by Gasteiger charge is -2.19. The van der Waals surface area contributed by atoms with Crippen molar-refractivity contribution in [3.8, 4) is 11.5 Å². The molecule has 0 fully saturated rings. The number of aromatic nitrogens is 1. The van der Waals surface area contributed by atoms with Crippen molar-refractivity contribution in [2.45, 2.75) is 5.92 Å². The number of H-pyrrole nitrogens is 1. The number of halogens is 1. The first-order valence-electron chi connectivity index (χ1n) is 9.99. The molecule has 1 heterocycles. The molecule has 0 aliphatic heterocycles. The van der Waals surface area contributed by atoms with E-state index >= 15 is 0 Å². The molecule has 0 aliphatic carbocycles. The third-order valence-electron chi connectivity index (χ3n) is 5.20. The smallest absolute Gasteiger partial charge is 0.257 e. The van der Waals surface area contributed by atoms with Gasteiger partial charge in [-0.1, -0.05) is 41.9 Å². The van der Waals surface area contributed by atoms with Gasteiger partial charge in [-0.3, -0.25) is 4.79 Å². The van der Waals surface area contributed by atoms with Crippen molar-refractivity contribution in [1.82, 2.24) is 10.3 Å². The van der Waals surface area contributed by atoms with E-state index in [-0.39, 0.29) is 18.4 Å². The van der Waals surface area contributed by atoms with Crippen LogP contribution in [0.25, 0.3) is 10.9 Å². The van der Waals surface area contributed by atoms with Gasteiger partial charge in [-0.05, 0) is 53.6 Å². The number of carbonyl (C=O) groups excluding carboxylic acids is 1. The SMILES string of the molecule is COc1ccc([C@@H](CNC(=O)COc2ccc(Cl)cc2)c2c[nH]c3ccccc23)cc1. The molecule has 4 aromatic rings. The Labute approximate surface area is 186 Å². The number of para-hydroxylation sites is 1. The number of fused-ring (bicyclic) bond motifs is 1. The maximum atomic E-state index is 12.5. The molecule has 1 amide bonds. The molecule has 31 heavy (non-hydrogen) atoms. The van der Waals surface area contributed by atoms with Crippen molar-refractivity contribution in [1.29, 1.82) is 0 Å². The second-order valence-corrected chi connectivity index (χ2v) is 7.60. The number of hydrogen-bond donors (Lipinski definition) is 2. The summed E-state index contributed by atoms with van der Waals surface area (Å²) >= 11 is 5.88. The molecule has 6 heteroatoms. The molecule has 5 nitrogen and oxygen atoms in total. The molecule has 0 radical (unpaired) electrons. The van der Waals surface area contributed by atoms with Gasteiger partial charge in [0.25, 0.3) is 5.91 Å². The Kier molecular flexibility index (Phi) is 6.43. The lowest BCUT2D eigenvalue weighted by molar-refractivity contribution is -0.123. The topological polar surface area (TPSA) is 63.4 Å². The van der Waals surface area contributed by atoms with Crippen LogP contribution in [0.4, 0.5) is 0 Å². The lowest BCUT2D eigenvalue weighted by Crippen LogP contribution is -2.32. The second kappa shape index (κ2) is 9.58. The Morgan fingerprint density at radius 1 is 1.00 bits per heavy atom. The zero-order valence-electron chi connectivity index (χ0n) is 17.1. The van der Waals surface area contributed by atoms with Crippen LogP contribution in [0.2, 0.25) is 5.02 Å². The summed E-state index contributed by atoms with van der Waals surface area (Å²) in [4.78, 5) is 15.8. The zero-order valence-corrected chi connectivity index (χ0v) is 17.9. The summed E-state index contributed by atoms with van der Waals surface area (Å²) in [6.45, 7) is 0.377. The Bertz CT molecular complexity index is 1150. The molecule has 0 saturated heterocycles. The minimum Gasteiger partial charge on any atom is -0.497 e. The van der Waals surface area contributed by atoms with Crippen LogP contribution >= 0.6 is 11.6 Å². The normalized spacial score (nSPS) is 11.8. The molecule has 1 atom stereocenters. The Hall–Kier alpha value is -3.44. The van der Waals surface area contributed by atoms with E-state index in [4.69, 9.17) is 21.1 Å². The standard InChI is InChI=1S/C25H23ClN2O3/c1-30-19-10-6-17(7-11-19)22(23-15-27-24-5-3-2-4-21(23)24)14-28-25(29)16-31-20-12-8-18(26)9-13-20/h2-13,15,22,27H,14,16H2,1H3,(H,28,29)/t22-/m1/s1. The van der Waals surface area contributed by atoms with E-state index in [0.29, 0.717) is 17.3 Å². The van der Waals surface area contributed by atoms with E-state index < -0.39 is 0 Å². The maximum Gasteiger partial charge on any atom is 0.257 e. The van der Waals surface area contributed by atoms with E-state index in [1.54, 1.807) is 31.4 Å². The van der Waals surface area contributed by atoms with Gasteiger partial charge in [-0.15, -0.1) is 0 Å². The first-order chi connectivity index (χ1) is 15.1. The average molecular weight is 435 g/mol. The number of hydrogen-bond acceptors (Lipinski definition) is 3. The maximum absolute atomic E-state index is 12.5. The molecule has 0 bridgehead atoms. The van der Waals surface area contributed by atoms with Gasteiger partial charge in [-0.2, -0.15) is 0 Å². The lowest BCUT2D eigenvalue weighted by atomic mass is 9.91. The van der Waals surface area contributed by atoms with Crippen molar-refractivity contribution in [2.24, 2.45) is 0 Å². The molecular weight excluding hydrogens is 412 g/mol. The van der Waals surface area contributed by atoms with E-state index in [2.05, 4.69) is 16.4 Å². The summed E-state index contributed by atoms with van der Waals surface area (Å²) < 4.78 is 10.8. The van der Waals surface area contributed by atoms with E-state index in [0.717, 1.165) is 27.8 Å². The summed E-state index contributed by atoms with van der Waals surface area (Å²) in [5, 5.41) is 4.77. The van der Waals surface area contributed by atoms with Gasteiger partial charge in [0.1, 0.15) is 11.5 Å². The minimum absolute atomic E-state index is 0.0264. The Morgan fingerprint density at radius 2 is 1.71 bits per heavy atom. The van der Waals surface area contributed by atoms with Crippen LogP contribution in [0.15, 0.2) is 79.0 Å². The summed E-state index contributed by atoms with van der Waals surface area (Å²) in [6.07, 6.45) is 2.01. The zero-order chi connectivity index (χ0) is 21.6. The van der Waals surface area contributed by atoms with Crippen molar-refractivity contribution in [2.75, 3.05) is 20.3 Å². The highest BCUT2D eigenvalue weighted by atomic mass is 35.5. The van der Waals surface area contributed by atoms with Gasteiger partial charge < -0.3 is 19.8 Å². The number of carbonyl (C=O) groups is 1. The Morgan fingerprint density at radius 3 is 2.45 bits per heavy atom. The number of ether oxygens (including phenoxy) is 2. The minimum atomic E-state index is -0.187. The number of benzene rings is 3. The van der Waals surface area contributed by atoms with Gasteiger partial charge >= 0.3 is 0 Å². The van der Waals surface area contributed by atoms with Crippen molar-refractivity contribution >= 4 is 28.4 Å². The average Bonchev–Trinajstić information content (AvgIpc) is 3.23. The highest BCUT2D eigenvalue weighted by Gasteiger charge is 2.19. The molecule has 0 saturated carbocycles. The third-order valence-corrected chi connectivity index (χ3v) is 5.45. The molecule has 3 aromatic carbocycles. The predicted octanol–water partition coefficient (Wildman–Crippen LogP) is 5.16. The molecule has 0 aliphatic rings. The predicted molar refractivity (Wildman–Crippen MR) is 123 cm³/mol. The van der Waals surface area contributed by atoms with E-state index in [1.165, 1.54) is 0 Å². The van der Waals surface area contributed by atoms with Crippen LogP contribution in [0.3, 0.4) is 0 Å². The monoisotopic (exact) mass is 434 g/mol. The quantitative estimate of drug-likeness (QED) is 0.402. The van der Waals surface area contributed by atoms with Crippen LogP contribution in [-0.4, -0.2) is 31.2 Å². The number of nitrogens with one attached hydrogen (secondary N) is 2. The molecule has 0 unspecified atom stereocenters. The van der Waals surface area contributed by atoms with Crippen molar-refractivity contribution < 1.29 is 14.3 Å². The first-order valence-corrected chi connectivity index (χ1v) is 10.4. The van der Waals surface area contributed by atoms with Gasteiger partial charge in [0, 0.05) is 34.6 Å². The molecule has 0 spiro atoms. The van der Waals surface area contributed by atoms with Crippen LogP contribution in [0.5, 0.6) is 11.5 Å². The van der Waals surface area contributed by atoms with Gasteiger partial charge in [0.2, 0.25) is 0 Å². The number of aromatic amines is 1. The largest absolute Gasteiger partial charge is 0.497 e. The fourth-order valence-electron chi connectivity index (χ4n) is 3.57. The number of methoxy groups -OCH3 is 1. The number of amides is 1. The fraction of sp³-hybridized carbons (Fsp3) is 0.160.